The lowest BCUT2D eigenvalue weighted by atomic mass is 10.1. The van der Waals surface area contributed by atoms with Crippen molar-refractivity contribution in [3.63, 3.8) is 0 Å². The fourth-order valence-corrected chi connectivity index (χ4v) is 3.98. The van der Waals surface area contributed by atoms with Crippen molar-refractivity contribution in [1.29, 1.82) is 0 Å². The average Bonchev–Trinajstić information content (AvgIpc) is 2.59. The van der Waals surface area contributed by atoms with E-state index in [1.807, 2.05) is 0 Å². The van der Waals surface area contributed by atoms with Crippen molar-refractivity contribution in [2.45, 2.75) is 51.9 Å². The summed E-state index contributed by atoms with van der Waals surface area (Å²) >= 11 is 7.10. The van der Waals surface area contributed by atoms with Gasteiger partial charge >= 0.3 is 0 Å². The van der Waals surface area contributed by atoms with Gasteiger partial charge in [-0.1, -0.05) is 77.3 Å². The van der Waals surface area contributed by atoms with Gasteiger partial charge in [0.15, 0.2) is 11.5 Å². The van der Waals surface area contributed by atoms with E-state index in [2.05, 4.69) is 80.1 Å². The molecule has 0 aromatic heterocycles. The standard InChI is InChI=1S/C21H25Br2NO/c1-2-3-4-5-6-7-8-13-24-18-11-9-16(22)14-20(18)25-21-15-17(23)10-12-19(21)24/h9-12,14-15H,2-8,13H2,1H3. The average molecular weight is 467 g/mol. The van der Waals surface area contributed by atoms with Gasteiger partial charge in [-0.3, -0.25) is 0 Å². The third-order valence-electron chi connectivity index (χ3n) is 4.63. The molecule has 0 aliphatic carbocycles. The van der Waals surface area contributed by atoms with Crippen LogP contribution in [0.15, 0.2) is 45.3 Å². The molecule has 0 amide bonds. The Balaban J connectivity index is 1.70. The molecule has 0 radical (unpaired) electrons. The number of fused-ring (bicyclic) bond motifs is 2. The molecule has 0 fully saturated rings. The maximum Gasteiger partial charge on any atom is 0.152 e. The van der Waals surface area contributed by atoms with Crippen LogP contribution in [0.3, 0.4) is 0 Å². The van der Waals surface area contributed by atoms with Gasteiger partial charge in [-0.25, -0.2) is 0 Å². The summed E-state index contributed by atoms with van der Waals surface area (Å²) in [6, 6.07) is 12.6. The molecule has 2 aromatic carbocycles. The van der Waals surface area contributed by atoms with E-state index in [-0.39, 0.29) is 0 Å². The van der Waals surface area contributed by atoms with E-state index in [0.29, 0.717) is 0 Å². The highest BCUT2D eigenvalue weighted by Crippen LogP contribution is 2.48. The first-order valence-electron chi connectivity index (χ1n) is 9.23. The third-order valence-corrected chi connectivity index (χ3v) is 5.62. The number of unbranched alkanes of at least 4 members (excludes halogenated alkanes) is 6. The lowest BCUT2D eigenvalue weighted by Crippen LogP contribution is -2.22. The highest BCUT2D eigenvalue weighted by molar-refractivity contribution is 9.10. The SMILES string of the molecule is CCCCCCCCCN1c2ccc(Br)cc2Oc2cc(Br)ccc21. The fraction of sp³-hybridized carbons (Fsp3) is 0.429. The van der Waals surface area contributed by atoms with Crippen molar-refractivity contribution in [2.75, 3.05) is 11.4 Å². The molecule has 0 atom stereocenters. The number of hydrogen-bond donors (Lipinski definition) is 0. The van der Waals surface area contributed by atoms with Crippen molar-refractivity contribution in [3.05, 3.63) is 45.3 Å². The molecular formula is C21H25Br2NO. The zero-order valence-electron chi connectivity index (χ0n) is 14.7. The maximum atomic E-state index is 6.14. The van der Waals surface area contributed by atoms with Crippen LogP contribution in [0.25, 0.3) is 0 Å². The van der Waals surface area contributed by atoms with E-state index in [9.17, 15) is 0 Å². The summed E-state index contributed by atoms with van der Waals surface area (Å²) in [5, 5.41) is 0. The second-order valence-corrected chi connectivity index (χ2v) is 8.43. The first kappa shape index (κ1) is 18.8. The van der Waals surface area contributed by atoms with Crippen molar-refractivity contribution in [2.24, 2.45) is 0 Å². The molecule has 4 heteroatoms. The minimum absolute atomic E-state index is 0.919. The number of hydrogen-bond acceptors (Lipinski definition) is 2. The molecule has 0 spiro atoms. The summed E-state index contributed by atoms with van der Waals surface area (Å²) in [5.74, 6) is 1.84. The molecular weight excluding hydrogens is 442 g/mol. The number of ether oxygens (including phenoxy) is 1. The van der Waals surface area contributed by atoms with Crippen LogP contribution in [0.2, 0.25) is 0 Å². The molecule has 0 N–H and O–H groups in total. The molecule has 2 aromatic rings. The molecule has 1 aliphatic rings. The smallest absolute Gasteiger partial charge is 0.152 e. The van der Waals surface area contributed by atoms with Gasteiger partial charge in [-0.05, 0) is 42.8 Å². The highest BCUT2D eigenvalue weighted by atomic mass is 79.9. The van der Waals surface area contributed by atoms with Crippen LogP contribution in [0.4, 0.5) is 11.4 Å². The number of nitrogens with zero attached hydrogens (tertiary/aromatic N) is 1. The van der Waals surface area contributed by atoms with E-state index in [1.165, 1.54) is 44.9 Å². The topological polar surface area (TPSA) is 12.5 Å². The summed E-state index contributed by atoms with van der Waals surface area (Å²) in [4.78, 5) is 2.40. The van der Waals surface area contributed by atoms with Gasteiger partial charge < -0.3 is 9.64 Å². The van der Waals surface area contributed by atoms with Crippen molar-refractivity contribution in [1.82, 2.24) is 0 Å². The Labute approximate surface area is 167 Å². The summed E-state index contributed by atoms with van der Waals surface area (Å²) in [7, 11) is 0. The van der Waals surface area contributed by atoms with Gasteiger partial charge in [0.05, 0.1) is 11.4 Å². The van der Waals surface area contributed by atoms with E-state index in [0.717, 1.165) is 38.4 Å². The monoisotopic (exact) mass is 465 g/mol. The third kappa shape index (κ3) is 4.79. The molecule has 25 heavy (non-hydrogen) atoms. The number of benzene rings is 2. The molecule has 1 heterocycles. The quantitative estimate of drug-likeness (QED) is 0.363. The highest BCUT2D eigenvalue weighted by Gasteiger charge is 2.24. The van der Waals surface area contributed by atoms with Crippen molar-refractivity contribution < 1.29 is 4.74 Å². The van der Waals surface area contributed by atoms with E-state index in [4.69, 9.17) is 4.74 Å². The number of halogens is 2. The molecule has 2 nitrogen and oxygen atoms in total. The number of rotatable bonds is 8. The Kier molecular flexibility index (Phi) is 6.83. The van der Waals surface area contributed by atoms with E-state index in [1.54, 1.807) is 0 Å². The Bertz CT molecular complexity index is 666. The molecule has 0 bridgehead atoms. The second kappa shape index (κ2) is 9.09. The van der Waals surface area contributed by atoms with Gasteiger partial charge in [0.2, 0.25) is 0 Å². The van der Waals surface area contributed by atoms with Gasteiger partial charge in [-0.15, -0.1) is 0 Å². The van der Waals surface area contributed by atoms with Crippen LogP contribution in [-0.2, 0) is 0 Å². The zero-order chi connectivity index (χ0) is 17.6. The Morgan fingerprint density at radius 2 is 1.28 bits per heavy atom. The lowest BCUT2D eigenvalue weighted by molar-refractivity contribution is 0.471. The second-order valence-electron chi connectivity index (χ2n) is 6.60. The Morgan fingerprint density at radius 1 is 0.760 bits per heavy atom. The van der Waals surface area contributed by atoms with Gasteiger partial charge in [0.25, 0.3) is 0 Å². The van der Waals surface area contributed by atoms with Gasteiger partial charge in [0.1, 0.15) is 0 Å². The van der Waals surface area contributed by atoms with Crippen LogP contribution >= 0.6 is 31.9 Å². The number of anilines is 2. The summed E-state index contributed by atoms with van der Waals surface area (Å²) < 4.78 is 8.22. The van der Waals surface area contributed by atoms with E-state index >= 15 is 0 Å². The maximum absolute atomic E-state index is 6.14. The fourth-order valence-electron chi connectivity index (χ4n) is 3.30. The van der Waals surface area contributed by atoms with Crippen LogP contribution in [-0.4, -0.2) is 6.54 Å². The van der Waals surface area contributed by atoms with E-state index < -0.39 is 0 Å². The predicted octanol–water partition coefficient (Wildman–Crippen LogP) is 8.21. The summed E-state index contributed by atoms with van der Waals surface area (Å²) in [6.07, 6.45) is 9.26. The van der Waals surface area contributed by atoms with Gasteiger partial charge in [-0.2, -0.15) is 0 Å². The minimum atomic E-state index is 0.919. The van der Waals surface area contributed by atoms with Crippen LogP contribution in [0.5, 0.6) is 11.5 Å². The molecule has 1 aliphatic heterocycles. The molecule has 3 rings (SSSR count). The molecule has 0 saturated heterocycles. The summed E-state index contributed by atoms with van der Waals surface area (Å²) in [6.45, 7) is 3.30. The minimum Gasteiger partial charge on any atom is -0.453 e. The molecule has 134 valence electrons. The molecule has 0 saturated carbocycles. The van der Waals surface area contributed by atoms with Crippen LogP contribution in [0, 0.1) is 0 Å². The van der Waals surface area contributed by atoms with Crippen LogP contribution < -0.4 is 9.64 Å². The first-order valence-corrected chi connectivity index (χ1v) is 10.8. The first-order chi connectivity index (χ1) is 12.2. The molecule has 0 unspecified atom stereocenters. The van der Waals surface area contributed by atoms with Crippen molar-refractivity contribution >= 4 is 43.2 Å². The largest absolute Gasteiger partial charge is 0.453 e. The Morgan fingerprint density at radius 3 is 1.84 bits per heavy atom. The van der Waals surface area contributed by atoms with Crippen molar-refractivity contribution in [3.8, 4) is 11.5 Å². The van der Waals surface area contributed by atoms with Crippen LogP contribution in [0.1, 0.15) is 51.9 Å². The predicted molar refractivity (Wildman–Crippen MR) is 113 cm³/mol. The zero-order valence-corrected chi connectivity index (χ0v) is 17.9. The summed E-state index contributed by atoms with van der Waals surface area (Å²) in [5.41, 5.74) is 2.31. The Hall–Kier alpha value is -1.00. The lowest BCUT2D eigenvalue weighted by Gasteiger charge is -2.33. The normalized spacial score (nSPS) is 12.5. The van der Waals surface area contributed by atoms with Gasteiger partial charge in [0, 0.05) is 15.5 Å².